The van der Waals surface area contributed by atoms with Gasteiger partial charge in [0.2, 0.25) is 11.7 Å². The second-order valence-corrected chi connectivity index (χ2v) is 4.61. The zero-order valence-corrected chi connectivity index (χ0v) is 11.4. The second kappa shape index (κ2) is 5.28. The summed E-state index contributed by atoms with van der Waals surface area (Å²) in [6.07, 6.45) is -4.68. The first-order valence-corrected chi connectivity index (χ1v) is 6.00. The summed E-state index contributed by atoms with van der Waals surface area (Å²) in [6.45, 7) is 3.69. The molecule has 3 nitrogen and oxygen atoms in total. The zero-order valence-electron chi connectivity index (χ0n) is 10.6. The molecule has 0 radical (unpaired) electrons. The number of aromatic nitrogens is 2. The largest absolute Gasteiger partial charge is 0.451 e. The van der Waals surface area contributed by atoms with Gasteiger partial charge in [0.1, 0.15) is 10.9 Å². The Kier molecular flexibility index (Phi) is 3.85. The minimum Gasteiger partial charge on any atom is -0.439 e. The van der Waals surface area contributed by atoms with Gasteiger partial charge in [-0.05, 0) is 25.5 Å². The molecule has 0 aliphatic carbocycles. The lowest BCUT2D eigenvalue weighted by Crippen LogP contribution is -2.11. The third-order valence-corrected chi connectivity index (χ3v) is 2.66. The summed E-state index contributed by atoms with van der Waals surface area (Å²) < 4.78 is 43.1. The molecule has 0 atom stereocenters. The van der Waals surface area contributed by atoms with Gasteiger partial charge in [0, 0.05) is 6.07 Å². The number of halogens is 4. The van der Waals surface area contributed by atoms with Crippen molar-refractivity contribution in [1.82, 2.24) is 9.97 Å². The van der Waals surface area contributed by atoms with Crippen LogP contribution in [0, 0.1) is 13.8 Å². The van der Waals surface area contributed by atoms with Crippen molar-refractivity contribution >= 4 is 11.6 Å². The van der Waals surface area contributed by atoms with Crippen LogP contribution in [0.2, 0.25) is 5.15 Å². The quantitative estimate of drug-likeness (QED) is 0.763. The lowest BCUT2D eigenvalue weighted by molar-refractivity contribution is -0.145. The van der Waals surface area contributed by atoms with Crippen molar-refractivity contribution in [3.63, 3.8) is 0 Å². The van der Waals surface area contributed by atoms with Gasteiger partial charge in [-0.1, -0.05) is 29.3 Å². The van der Waals surface area contributed by atoms with Crippen LogP contribution < -0.4 is 4.74 Å². The summed E-state index contributed by atoms with van der Waals surface area (Å²) in [5, 5.41) is -0.327. The number of rotatable bonds is 2. The van der Waals surface area contributed by atoms with Gasteiger partial charge in [-0.15, -0.1) is 0 Å². The maximum atomic E-state index is 12.6. The summed E-state index contributed by atoms with van der Waals surface area (Å²) >= 11 is 5.56. The lowest BCUT2D eigenvalue weighted by Gasteiger charge is -2.11. The molecule has 0 aliphatic rings. The predicted octanol–water partition coefficient (Wildman–Crippen LogP) is 4.56. The van der Waals surface area contributed by atoms with Gasteiger partial charge < -0.3 is 4.74 Å². The van der Waals surface area contributed by atoms with Crippen LogP contribution in [0.3, 0.4) is 0 Å². The van der Waals surface area contributed by atoms with Gasteiger partial charge in [0.15, 0.2) is 0 Å². The monoisotopic (exact) mass is 302 g/mol. The fourth-order valence-electron chi connectivity index (χ4n) is 1.60. The molecule has 106 valence electrons. The average molecular weight is 303 g/mol. The molecule has 0 N–H and O–H groups in total. The van der Waals surface area contributed by atoms with Crippen LogP contribution in [-0.4, -0.2) is 9.97 Å². The van der Waals surface area contributed by atoms with E-state index in [1.165, 1.54) is 0 Å². The zero-order chi connectivity index (χ0) is 14.9. The molecule has 0 fully saturated rings. The van der Waals surface area contributed by atoms with Crippen molar-refractivity contribution in [3.05, 3.63) is 46.4 Å². The Morgan fingerprint density at radius 2 is 1.80 bits per heavy atom. The minimum atomic E-state index is -4.68. The Hall–Kier alpha value is -1.82. The summed E-state index contributed by atoms with van der Waals surface area (Å²) in [5.74, 6) is -1.16. The van der Waals surface area contributed by atoms with Gasteiger partial charge in [0.05, 0.1) is 0 Å². The number of nitrogens with zero attached hydrogens (tertiary/aromatic N) is 2. The summed E-state index contributed by atoms with van der Waals surface area (Å²) in [6, 6.07) is 6.43. The van der Waals surface area contributed by atoms with Gasteiger partial charge in [-0.25, -0.2) is 4.98 Å². The Labute approximate surface area is 118 Å². The number of benzene rings is 1. The van der Waals surface area contributed by atoms with Crippen LogP contribution in [0.4, 0.5) is 13.2 Å². The average Bonchev–Trinajstić information content (AvgIpc) is 2.31. The molecule has 1 heterocycles. The summed E-state index contributed by atoms with van der Waals surface area (Å²) in [7, 11) is 0. The molecule has 0 saturated carbocycles. The minimum absolute atomic E-state index is 0.246. The van der Waals surface area contributed by atoms with Gasteiger partial charge in [-0.3, -0.25) is 0 Å². The van der Waals surface area contributed by atoms with Crippen molar-refractivity contribution in [2.45, 2.75) is 20.0 Å². The second-order valence-electron chi connectivity index (χ2n) is 4.22. The SMILES string of the molecule is Cc1ccc(Oc2cc(Cl)nc(C(F)(F)F)n2)c(C)c1. The Morgan fingerprint density at radius 1 is 1.10 bits per heavy atom. The van der Waals surface area contributed by atoms with Crippen LogP contribution in [0.5, 0.6) is 11.6 Å². The molecular weight excluding hydrogens is 293 g/mol. The molecule has 20 heavy (non-hydrogen) atoms. The normalized spacial score (nSPS) is 11.5. The van der Waals surface area contributed by atoms with E-state index in [-0.39, 0.29) is 11.0 Å². The predicted molar refractivity (Wildman–Crippen MR) is 68.0 cm³/mol. The van der Waals surface area contributed by atoms with Crippen LogP contribution in [0.15, 0.2) is 24.3 Å². The van der Waals surface area contributed by atoms with Gasteiger partial charge in [0.25, 0.3) is 0 Å². The topological polar surface area (TPSA) is 35.0 Å². The Bertz CT molecular complexity index is 644. The van der Waals surface area contributed by atoms with E-state index in [4.69, 9.17) is 16.3 Å². The fourth-order valence-corrected chi connectivity index (χ4v) is 1.78. The van der Waals surface area contributed by atoms with E-state index in [1.807, 2.05) is 13.0 Å². The highest BCUT2D eigenvalue weighted by Crippen LogP contribution is 2.31. The molecular formula is C13H10ClF3N2O. The molecule has 2 aromatic rings. The van der Waals surface area contributed by atoms with E-state index in [0.717, 1.165) is 17.2 Å². The molecule has 0 bridgehead atoms. The fraction of sp³-hybridized carbons (Fsp3) is 0.231. The van der Waals surface area contributed by atoms with Crippen molar-refractivity contribution in [2.24, 2.45) is 0 Å². The van der Waals surface area contributed by atoms with Crippen LogP contribution in [0.25, 0.3) is 0 Å². The van der Waals surface area contributed by atoms with Crippen molar-refractivity contribution in [1.29, 1.82) is 0 Å². The number of aryl methyl sites for hydroxylation is 2. The molecule has 2 rings (SSSR count). The lowest BCUT2D eigenvalue weighted by atomic mass is 10.1. The number of hydrogen-bond donors (Lipinski definition) is 0. The summed E-state index contributed by atoms with van der Waals surface area (Å²) in [5.41, 5.74) is 1.81. The Morgan fingerprint density at radius 3 is 2.40 bits per heavy atom. The first-order chi connectivity index (χ1) is 9.25. The third-order valence-electron chi connectivity index (χ3n) is 2.47. The van der Waals surface area contributed by atoms with E-state index in [0.29, 0.717) is 5.75 Å². The highest BCUT2D eigenvalue weighted by atomic mass is 35.5. The Balaban J connectivity index is 2.36. The molecule has 0 amide bonds. The molecule has 0 spiro atoms. The first kappa shape index (κ1) is 14.6. The third kappa shape index (κ3) is 3.39. The maximum absolute atomic E-state index is 12.6. The van der Waals surface area contributed by atoms with E-state index >= 15 is 0 Å². The van der Waals surface area contributed by atoms with E-state index < -0.39 is 12.0 Å². The first-order valence-electron chi connectivity index (χ1n) is 5.62. The van der Waals surface area contributed by atoms with Gasteiger partial charge in [-0.2, -0.15) is 18.2 Å². The number of ether oxygens (including phenoxy) is 1. The van der Waals surface area contributed by atoms with Crippen LogP contribution in [-0.2, 0) is 6.18 Å². The highest BCUT2D eigenvalue weighted by Gasteiger charge is 2.35. The molecule has 7 heteroatoms. The van der Waals surface area contributed by atoms with Crippen molar-refractivity contribution in [2.75, 3.05) is 0 Å². The van der Waals surface area contributed by atoms with E-state index in [9.17, 15) is 13.2 Å². The number of alkyl halides is 3. The highest BCUT2D eigenvalue weighted by molar-refractivity contribution is 6.29. The van der Waals surface area contributed by atoms with E-state index in [1.54, 1.807) is 19.1 Å². The van der Waals surface area contributed by atoms with Crippen LogP contribution in [0.1, 0.15) is 17.0 Å². The van der Waals surface area contributed by atoms with E-state index in [2.05, 4.69) is 9.97 Å². The maximum Gasteiger partial charge on any atom is 0.451 e. The smallest absolute Gasteiger partial charge is 0.439 e. The molecule has 1 aromatic heterocycles. The number of hydrogen-bond acceptors (Lipinski definition) is 3. The standard InChI is InChI=1S/C13H10ClF3N2O/c1-7-3-4-9(8(2)5-7)20-11-6-10(14)18-12(19-11)13(15,16)17/h3-6H,1-2H3. The van der Waals surface area contributed by atoms with Crippen LogP contribution >= 0.6 is 11.6 Å². The summed E-state index contributed by atoms with van der Waals surface area (Å²) in [4.78, 5) is 6.45. The molecule has 0 aliphatic heterocycles. The van der Waals surface area contributed by atoms with Gasteiger partial charge >= 0.3 is 6.18 Å². The van der Waals surface area contributed by atoms with Crippen molar-refractivity contribution in [3.8, 4) is 11.6 Å². The molecule has 0 unspecified atom stereocenters. The molecule has 1 aromatic carbocycles. The van der Waals surface area contributed by atoms with Crippen molar-refractivity contribution < 1.29 is 17.9 Å². The molecule has 0 saturated heterocycles.